The summed E-state index contributed by atoms with van der Waals surface area (Å²) in [7, 11) is 0. The van der Waals surface area contributed by atoms with Crippen LogP contribution in [0.2, 0.25) is 0 Å². The van der Waals surface area contributed by atoms with Crippen molar-refractivity contribution in [1.29, 1.82) is 0 Å². The van der Waals surface area contributed by atoms with Crippen LogP contribution in [0.15, 0.2) is 59.3 Å². The molecule has 0 saturated carbocycles. The van der Waals surface area contributed by atoms with E-state index < -0.39 is 0 Å². The summed E-state index contributed by atoms with van der Waals surface area (Å²) < 4.78 is 0. The molecule has 17 heavy (non-hydrogen) atoms. The molecule has 0 aromatic rings. The Morgan fingerprint density at radius 3 is 2.88 bits per heavy atom. The van der Waals surface area contributed by atoms with Crippen LogP contribution in [-0.4, -0.2) is 0 Å². The van der Waals surface area contributed by atoms with Crippen molar-refractivity contribution in [1.82, 2.24) is 0 Å². The zero-order chi connectivity index (χ0) is 11.7. The monoisotopic (exact) mass is 224 g/mol. The van der Waals surface area contributed by atoms with E-state index in [1.807, 2.05) is 0 Å². The lowest BCUT2D eigenvalue weighted by molar-refractivity contribution is 0.532. The lowest BCUT2D eigenvalue weighted by Gasteiger charge is -2.30. The molecule has 0 aliphatic heterocycles. The van der Waals surface area contributed by atoms with Crippen molar-refractivity contribution >= 4 is 0 Å². The Kier molecular flexibility index (Phi) is 2.88. The number of allylic oxidation sites excluding steroid dienone is 9. The lowest BCUT2D eigenvalue weighted by atomic mass is 9.75. The molecule has 0 N–H and O–H groups in total. The number of hydrogen-bond donors (Lipinski definition) is 0. The van der Waals surface area contributed by atoms with Crippen molar-refractivity contribution in [3.63, 3.8) is 0 Å². The molecule has 0 nitrogen and oxygen atoms in total. The molecular formula is C17H20. The first-order valence-corrected chi connectivity index (χ1v) is 6.78. The summed E-state index contributed by atoms with van der Waals surface area (Å²) in [6.07, 6.45) is 19.0. The van der Waals surface area contributed by atoms with E-state index in [4.69, 9.17) is 0 Å². The van der Waals surface area contributed by atoms with E-state index in [0.29, 0.717) is 0 Å². The van der Waals surface area contributed by atoms with E-state index >= 15 is 0 Å². The van der Waals surface area contributed by atoms with E-state index in [0.717, 1.165) is 12.3 Å². The average molecular weight is 224 g/mol. The molecule has 0 spiro atoms. The molecule has 0 heterocycles. The number of rotatable bonds is 1. The molecule has 0 bridgehead atoms. The molecule has 1 unspecified atom stereocenters. The van der Waals surface area contributed by atoms with Crippen LogP contribution in [0.4, 0.5) is 0 Å². The van der Waals surface area contributed by atoms with E-state index in [-0.39, 0.29) is 0 Å². The summed E-state index contributed by atoms with van der Waals surface area (Å²) in [6, 6.07) is 0. The van der Waals surface area contributed by atoms with Crippen molar-refractivity contribution in [2.45, 2.75) is 38.5 Å². The van der Waals surface area contributed by atoms with Crippen molar-refractivity contribution in [3.8, 4) is 0 Å². The fraction of sp³-hybridized carbons (Fsp3) is 0.412. The van der Waals surface area contributed by atoms with Gasteiger partial charge in [0.2, 0.25) is 0 Å². The maximum absolute atomic E-state index is 4.20. The SMILES string of the molecule is C=C1CC=CC2=C1CCC(C1=CCCC=C1)C2. The Balaban J connectivity index is 1.81. The highest BCUT2D eigenvalue weighted by Gasteiger charge is 2.24. The second-order valence-electron chi connectivity index (χ2n) is 5.34. The standard InChI is InChI=1S/C17H20/c1-13-6-5-9-16-12-15(10-11-17(13)16)14-7-3-2-4-8-14/h3,5,7-9,15H,1-2,4,6,10-12H2. The highest BCUT2D eigenvalue weighted by Crippen LogP contribution is 2.40. The van der Waals surface area contributed by atoms with Crippen LogP contribution < -0.4 is 0 Å². The first-order valence-electron chi connectivity index (χ1n) is 6.78. The van der Waals surface area contributed by atoms with E-state index in [1.165, 1.54) is 37.7 Å². The fourth-order valence-electron chi connectivity index (χ4n) is 3.23. The molecule has 0 radical (unpaired) electrons. The third-order valence-electron chi connectivity index (χ3n) is 4.20. The summed E-state index contributed by atoms with van der Waals surface area (Å²) >= 11 is 0. The van der Waals surface area contributed by atoms with Crippen LogP contribution in [0.1, 0.15) is 38.5 Å². The second kappa shape index (κ2) is 4.52. The predicted molar refractivity (Wildman–Crippen MR) is 73.7 cm³/mol. The van der Waals surface area contributed by atoms with Crippen molar-refractivity contribution in [2.24, 2.45) is 5.92 Å². The van der Waals surface area contributed by atoms with Gasteiger partial charge in [0, 0.05) is 0 Å². The molecule has 3 aliphatic carbocycles. The van der Waals surface area contributed by atoms with Crippen molar-refractivity contribution in [3.05, 3.63) is 59.3 Å². The van der Waals surface area contributed by atoms with Crippen LogP contribution in [0, 0.1) is 5.92 Å². The molecule has 0 saturated heterocycles. The molecule has 0 fully saturated rings. The topological polar surface area (TPSA) is 0 Å². The van der Waals surface area contributed by atoms with Gasteiger partial charge < -0.3 is 0 Å². The molecule has 1 atom stereocenters. The summed E-state index contributed by atoms with van der Waals surface area (Å²) in [6.45, 7) is 4.20. The van der Waals surface area contributed by atoms with Gasteiger partial charge in [0.05, 0.1) is 0 Å². The molecule has 88 valence electrons. The Morgan fingerprint density at radius 1 is 1.12 bits per heavy atom. The Labute approximate surface area is 104 Å². The smallest absolute Gasteiger partial charge is 0.00973 e. The van der Waals surface area contributed by atoms with Gasteiger partial charge in [0.1, 0.15) is 0 Å². The molecule has 0 heteroatoms. The van der Waals surface area contributed by atoms with Gasteiger partial charge in [-0.15, -0.1) is 0 Å². The second-order valence-corrected chi connectivity index (χ2v) is 5.34. The molecular weight excluding hydrogens is 204 g/mol. The molecule has 0 amide bonds. The van der Waals surface area contributed by atoms with Crippen LogP contribution in [-0.2, 0) is 0 Å². The Morgan fingerprint density at radius 2 is 2.06 bits per heavy atom. The predicted octanol–water partition coefficient (Wildman–Crippen LogP) is 4.88. The van der Waals surface area contributed by atoms with E-state index in [2.05, 4.69) is 37.0 Å². The van der Waals surface area contributed by atoms with E-state index in [9.17, 15) is 0 Å². The minimum Gasteiger partial charge on any atom is -0.0952 e. The molecule has 0 aromatic carbocycles. The van der Waals surface area contributed by atoms with Gasteiger partial charge in [-0.3, -0.25) is 0 Å². The summed E-state index contributed by atoms with van der Waals surface area (Å²) in [5.41, 5.74) is 6.04. The van der Waals surface area contributed by atoms with Gasteiger partial charge in [0.15, 0.2) is 0 Å². The average Bonchev–Trinajstić information content (AvgIpc) is 2.40. The minimum atomic E-state index is 0.751. The third-order valence-corrected chi connectivity index (χ3v) is 4.20. The van der Waals surface area contributed by atoms with Crippen LogP contribution in [0.5, 0.6) is 0 Å². The Hall–Kier alpha value is -1.30. The zero-order valence-electron chi connectivity index (χ0n) is 10.4. The fourth-order valence-corrected chi connectivity index (χ4v) is 3.23. The van der Waals surface area contributed by atoms with Gasteiger partial charge in [0.25, 0.3) is 0 Å². The highest BCUT2D eigenvalue weighted by molar-refractivity contribution is 5.46. The van der Waals surface area contributed by atoms with Crippen molar-refractivity contribution < 1.29 is 0 Å². The normalized spacial score (nSPS) is 28.1. The maximum atomic E-state index is 4.20. The van der Waals surface area contributed by atoms with Gasteiger partial charge in [-0.2, -0.15) is 0 Å². The molecule has 0 aromatic heterocycles. The number of hydrogen-bond acceptors (Lipinski definition) is 0. The highest BCUT2D eigenvalue weighted by atomic mass is 14.3. The van der Waals surface area contributed by atoms with E-state index in [1.54, 1.807) is 16.7 Å². The van der Waals surface area contributed by atoms with Crippen LogP contribution in [0.25, 0.3) is 0 Å². The summed E-state index contributed by atoms with van der Waals surface area (Å²) in [5.74, 6) is 0.751. The van der Waals surface area contributed by atoms with Crippen LogP contribution in [0.3, 0.4) is 0 Å². The third kappa shape index (κ3) is 2.09. The van der Waals surface area contributed by atoms with Crippen molar-refractivity contribution in [2.75, 3.05) is 0 Å². The lowest BCUT2D eigenvalue weighted by Crippen LogP contribution is -2.14. The summed E-state index contributed by atoms with van der Waals surface area (Å²) in [4.78, 5) is 0. The Bertz CT molecular complexity index is 454. The zero-order valence-corrected chi connectivity index (χ0v) is 10.4. The maximum Gasteiger partial charge on any atom is -0.00973 e. The first-order chi connectivity index (χ1) is 8.34. The van der Waals surface area contributed by atoms with Gasteiger partial charge >= 0.3 is 0 Å². The first kappa shape index (κ1) is 10.8. The molecule has 3 rings (SSSR count). The molecule has 3 aliphatic rings. The van der Waals surface area contributed by atoms with Crippen LogP contribution >= 0.6 is 0 Å². The van der Waals surface area contributed by atoms with Gasteiger partial charge in [-0.1, -0.05) is 37.0 Å². The van der Waals surface area contributed by atoms with Gasteiger partial charge in [-0.05, 0) is 66.7 Å². The van der Waals surface area contributed by atoms with Gasteiger partial charge in [-0.25, -0.2) is 0 Å². The quantitative estimate of drug-likeness (QED) is 0.595. The largest absolute Gasteiger partial charge is 0.0952 e. The summed E-state index contributed by atoms with van der Waals surface area (Å²) in [5, 5.41) is 0. The minimum absolute atomic E-state index is 0.751.